The van der Waals surface area contributed by atoms with Gasteiger partial charge in [0.25, 0.3) is 0 Å². The molecule has 3 saturated carbocycles. The van der Waals surface area contributed by atoms with E-state index in [1.807, 2.05) is 0 Å². The molecule has 5 aliphatic carbocycles. The van der Waals surface area contributed by atoms with E-state index in [2.05, 4.69) is 12.8 Å². The van der Waals surface area contributed by atoms with Crippen LogP contribution in [0.4, 0.5) is 14.5 Å². The zero-order valence-corrected chi connectivity index (χ0v) is 21.6. The van der Waals surface area contributed by atoms with Crippen LogP contribution in [0.5, 0.6) is 0 Å². The first-order valence-corrected chi connectivity index (χ1v) is 13.4. The molecule has 1 aromatic carbocycles. The minimum absolute atomic E-state index is 0.0220. The van der Waals surface area contributed by atoms with Gasteiger partial charge in [0.1, 0.15) is 17.3 Å². The Morgan fingerprint density at radius 1 is 1.06 bits per heavy atom. The Bertz CT molecular complexity index is 1150. The number of rotatable bonds is 2. The molecule has 5 aliphatic rings. The molecular weight excluding hydrogens is 456 g/mol. The van der Waals surface area contributed by atoms with Gasteiger partial charge in [-0.3, -0.25) is 4.79 Å². The fourth-order valence-electron chi connectivity index (χ4n) is 7.40. The van der Waals surface area contributed by atoms with Crippen molar-refractivity contribution in [3.8, 4) is 12.3 Å². The third-order valence-corrected chi connectivity index (χ3v) is 9.38. The molecule has 192 valence electrons. The first-order valence-electron chi connectivity index (χ1n) is 13.4. The number of terminal acetylenes is 1. The maximum Gasteiger partial charge on any atom is 0.156 e. The summed E-state index contributed by atoms with van der Waals surface area (Å²) in [6.45, 7) is 2.17. The van der Waals surface area contributed by atoms with Gasteiger partial charge in [-0.2, -0.15) is 0 Å². The van der Waals surface area contributed by atoms with Gasteiger partial charge in [0.2, 0.25) is 0 Å². The number of carbonyl (C=O) groups excluding carboxylic acids is 1. The highest BCUT2D eigenvalue weighted by Crippen LogP contribution is 2.63. The molecule has 3 nitrogen and oxygen atoms in total. The Hall–Kier alpha value is -2.45. The smallest absolute Gasteiger partial charge is 0.156 e. The molecule has 5 heteroatoms. The number of benzene rings is 1. The minimum Gasteiger partial charge on any atom is -0.393 e. The average Bonchev–Trinajstić information content (AvgIpc) is 3.62. The Morgan fingerprint density at radius 3 is 2.33 bits per heavy atom. The van der Waals surface area contributed by atoms with Crippen molar-refractivity contribution >= 4 is 11.5 Å². The standard InChI is InChI=1S/C26H31F2NO2.C5H6/c1-26-13-19(15-11-21(27)25(29(2)3)22(28)12-15)24-17-7-5-16(30)10-14(17)4-6-18(24)20(26)8-9-23(26)31;1-2-5-3-4-5/h10-12,18-20,23,31H,4-9,13H2,1-3H3;1,5H,3-4H2. The van der Waals surface area contributed by atoms with Gasteiger partial charge in [-0.05, 0) is 104 Å². The van der Waals surface area contributed by atoms with E-state index in [1.54, 1.807) is 20.2 Å². The lowest BCUT2D eigenvalue weighted by molar-refractivity contribution is -0.114. The second-order valence-electron chi connectivity index (χ2n) is 11.8. The summed E-state index contributed by atoms with van der Waals surface area (Å²) in [5, 5.41) is 10.9. The third-order valence-electron chi connectivity index (χ3n) is 9.38. The van der Waals surface area contributed by atoms with E-state index in [4.69, 9.17) is 6.42 Å². The molecule has 0 aromatic heterocycles. The Balaban J connectivity index is 0.000000477. The van der Waals surface area contributed by atoms with E-state index in [-0.39, 0.29) is 28.9 Å². The molecule has 5 unspecified atom stereocenters. The SMILES string of the molecule is C#CC1CC1.CN(C)c1c(F)cc(C2CC3(C)C(O)CCC3C3CCC4=CC(=O)CCC4=C23)cc1F. The highest BCUT2D eigenvalue weighted by Gasteiger charge is 2.56. The summed E-state index contributed by atoms with van der Waals surface area (Å²) >= 11 is 0. The largest absolute Gasteiger partial charge is 0.393 e. The summed E-state index contributed by atoms with van der Waals surface area (Å²) in [6.07, 6.45) is 14.5. The molecule has 0 saturated heterocycles. The minimum atomic E-state index is -0.549. The summed E-state index contributed by atoms with van der Waals surface area (Å²) in [5.41, 5.74) is 4.05. The third kappa shape index (κ3) is 4.32. The Morgan fingerprint density at radius 2 is 1.75 bits per heavy atom. The maximum atomic E-state index is 15.0. The number of carbonyl (C=O) groups is 1. The summed E-state index contributed by atoms with van der Waals surface area (Å²) in [4.78, 5) is 13.5. The molecule has 3 fully saturated rings. The topological polar surface area (TPSA) is 40.5 Å². The van der Waals surface area contributed by atoms with Crippen LogP contribution in [0.25, 0.3) is 0 Å². The molecular formula is C31H37F2NO2. The van der Waals surface area contributed by atoms with Crippen molar-refractivity contribution in [2.75, 3.05) is 19.0 Å². The van der Waals surface area contributed by atoms with Crippen LogP contribution >= 0.6 is 0 Å². The normalized spacial score (nSPS) is 32.9. The lowest BCUT2D eigenvalue weighted by Crippen LogP contribution is -2.45. The number of anilines is 1. The number of halogens is 2. The Labute approximate surface area is 213 Å². The molecule has 0 aliphatic heterocycles. The van der Waals surface area contributed by atoms with Crippen molar-refractivity contribution in [3.63, 3.8) is 0 Å². The molecule has 0 heterocycles. The fraction of sp³-hybridized carbons (Fsp3) is 0.581. The van der Waals surface area contributed by atoms with Crippen LogP contribution in [0.3, 0.4) is 0 Å². The number of aliphatic hydroxyl groups is 1. The number of allylic oxidation sites excluding steroid dienone is 4. The molecule has 0 radical (unpaired) electrons. The van der Waals surface area contributed by atoms with Crippen molar-refractivity contribution in [3.05, 3.63) is 52.1 Å². The van der Waals surface area contributed by atoms with Gasteiger partial charge in [-0.15, -0.1) is 12.3 Å². The van der Waals surface area contributed by atoms with Gasteiger partial charge < -0.3 is 10.0 Å². The van der Waals surface area contributed by atoms with Gasteiger partial charge in [0.05, 0.1) is 6.10 Å². The van der Waals surface area contributed by atoms with Gasteiger partial charge in [0, 0.05) is 32.4 Å². The molecule has 1 N–H and O–H groups in total. The predicted molar refractivity (Wildman–Crippen MR) is 139 cm³/mol. The van der Waals surface area contributed by atoms with Crippen LogP contribution in [0.15, 0.2) is 34.9 Å². The molecule has 0 spiro atoms. The molecule has 1 aromatic rings. The van der Waals surface area contributed by atoms with Gasteiger partial charge in [-0.25, -0.2) is 8.78 Å². The van der Waals surface area contributed by atoms with Crippen molar-refractivity contribution in [2.24, 2.45) is 23.2 Å². The number of hydrogen-bond acceptors (Lipinski definition) is 3. The first kappa shape index (κ1) is 25.2. The lowest BCUT2D eigenvalue weighted by atomic mass is 9.53. The average molecular weight is 494 g/mol. The van der Waals surface area contributed by atoms with E-state index in [9.17, 15) is 18.7 Å². The summed E-state index contributed by atoms with van der Waals surface area (Å²) in [6, 6.07) is 2.98. The first-order chi connectivity index (χ1) is 17.1. The molecule has 6 rings (SSSR count). The van der Waals surface area contributed by atoms with Crippen molar-refractivity contribution in [1.82, 2.24) is 0 Å². The van der Waals surface area contributed by atoms with Gasteiger partial charge in [-0.1, -0.05) is 12.5 Å². The van der Waals surface area contributed by atoms with E-state index in [1.165, 1.54) is 41.0 Å². The van der Waals surface area contributed by atoms with Gasteiger partial charge in [0.15, 0.2) is 5.78 Å². The maximum absolute atomic E-state index is 15.0. The summed E-state index contributed by atoms with van der Waals surface area (Å²) in [5.74, 6) is 2.94. The predicted octanol–water partition coefficient (Wildman–Crippen LogP) is 6.32. The van der Waals surface area contributed by atoms with Crippen molar-refractivity contribution < 1.29 is 18.7 Å². The number of hydrogen-bond donors (Lipinski definition) is 1. The highest BCUT2D eigenvalue weighted by atomic mass is 19.1. The zero-order chi connectivity index (χ0) is 25.8. The van der Waals surface area contributed by atoms with E-state index in [0.29, 0.717) is 36.2 Å². The molecule has 36 heavy (non-hydrogen) atoms. The number of ketones is 1. The second kappa shape index (κ2) is 9.45. The van der Waals surface area contributed by atoms with Crippen LogP contribution in [0.2, 0.25) is 0 Å². The van der Waals surface area contributed by atoms with E-state index < -0.39 is 11.6 Å². The molecule has 0 bridgehead atoms. The highest BCUT2D eigenvalue weighted by molar-refractivity contribution is 5.93. The number of aliphatic hydroxyl groups excluding tert-OH is 1. The van der Waals surface area contributed by atoms with Gasteiger partial charge >= 0.3 is 0 Å². The second-order valence-corrected chi connectivity index (χ2v) is 11.8. The number of fused-ring (bicyclic) bond motifs is 4. The van der Waals surface area contributed by atoms with Crippen LogP contribution in [-0.2, 0) is 4.79 Å². The number of nitrogens with zero attached hydrogens (tertiary/aromatic N) is 1. The molecule has 5 atom stereocenters. The monoisotopic (exact) mass is 493 g/mol. The van der Waals surface area contributed by atoms with Crippen LogP contribution < -0.4 is 4.90 Å². The summed E-state index contributed by atoms with van der Waals surface area (Å²) < 4.78 is 29.9. The van der Waals surface area contributed by atoms with E-state index in [0.717, 1.165) is 37.7 Å². The molecule has 0 amide bonds. The van der Waals surface area contributed by atoms with Crippen LogP contribution in [-0.4, -0.2) is 31.1 Å². The van der Waals surface area contributed by atoms with Crippen LogP contribution in [0, 0.1) is 47.1 Å². The van der Waals surface area contributed by atoms with E-state index >= 15 is 0 Å². The zero-order valence-electron chi connectivity index (χ0n) is 21.6. The van der Waals surface area contributed by atoms with Crippen molar-refractivity contribution in [2.45, 2.75) is 76.7 Å². The van der Waals surface area contributed by atoms with Crippen LogP contribution in [0.1, 0.15) is 76.2 Å². The summed E-state index contributed by atoms with van der Waals surface area (Å²) in [7, 11) is 3.28. The van der Waals surface area contributed by atoms with Crippen molar-refractivity contribution in [1.29, 1.82) is 0 Å². The quantitative estimate of drug-likeness (QED) is 0.490. The lowest BCUT2D eigenvalue weighted by Gasteiger charge is -2.52. The Kier molecular flexibility index (Phi) is 6.62. The fourth-order valence-corrected chi connectivity index (χ4v) is 7.40.